The van der Waals surface area contributed by atoms with Crippen LogP contribution in [0.3, 0.4) is 0 Å². The number of hydrogen-bond donors (Lipinski definition) is 1. The number of nitro benzene ring substituents is 1. The molecule has 2 aromatic rings. The molecule has 2 rings (SSSR count). The van der Waals surface area contributed by atoms with Crippen molar-refractivity contribution in [1.82, 2.24) is 0 Å². The number of aryl methyl sites for hydroxylation is 1. The van der Waals surface area contributed by atoms with Crippen molar-refractivity contribution >= 4 is 11.5 Å². The molecule has 0 bridgehead atoms. The van der Waals surface area contributed by atoms with Crippen LogP contribution < -0.4 is 4.74 Å². The molecule has 0 aromatic heterocycles. The Bertz CT molecular complexity index is 737. The zero-order chi connectivity index (χ0) is 17.0. The highest BCUT2D eigenvalue weighted by atomic mass is 16.6. The molecule has 0 atom stereocenters. The van der Waals surface area contributed by atoms with Crippen LogP contribution in [0.1, 0.15) is 16.7 Å². The minimum Gasteiger partial charge on any atom is -0.500 e. The summed E-state index contributed by atoms with van der Waals surface area (Å²) in [7, 11) is 1.30. The molecule has 0 aliphatic heterocycles. The molecule has 6 nitrogen and oxygen atoms in total. The molecule has 0 fully saturated rings. The standard InChI is InChI=1S/C17H17NO5/c1-11-3-5-12(6-4-11)7-14(19)8-13-9-15(18(21)22)17(20)16(10-13)23-2/h3-6,9-10,20H,7-8H2,1-2H3. The molecule has 23 heavy (non-hydrogen) atoms. The number of phenols is 1. The molecule has 0 heterocycles. The average molecular weight is 315 g/mol. The molecule has 1 N–H and O–H groups in total. The fourth-order valence-electron chi connectivity index (χ4n) is 2.27. The number of rotatable bonds is 6. The van der Waals surface area contributed by atoms with Crippen LogP contribution in [0.25, 0.3) is 0 Å². The van der Waals surface area contributed by atoms with Gasteiger partial charge in [0.1, 0.15) is 5.78 Å². The SMILES string of the molecule is COc1cc(CC(=O)Cc2ccc(C)cc2)cc([N+](=O)[O-])c1O. The van der Waals surface area contributed by atoms with E-state index >= 15 is 0 Å². The largest absolute Gasteiger partial charge is 0.500 e. The summed E-state index contributed by atoms with van der Waals surface area (Å²) in [5.41, 5.74) is 1.96. The van der Waals surface area contributed by atoms with Crippen LogP contribution in [0, 0.1) is 17.0 Å². The minimum atomic E-state index is -0.703. The number of benzene rings is 2. The van der Waals surface area contributed by atoms with Crippen molar-refractivity contribution in [1.29, 1.82) is 0 Å². The predicted octanol–water partition coefficient (Wildman–Crippen LogP) is 2.97. The van der Waals surface area contributed by atoms with Gasteiger partial charge in [0.25, 0.3) is 0 Å². The maximum absolute atomic E-state index is 12.2. The Labute approximate surface area is 133 Å². The van der Waals surface area contributed by atoms with Crippen molar-refractivity contribution in [3.63, 3.8) is 0 Å². The van der Waals surface area contributed by atoms with Gasteiger partial charge < -0.3 is 9.84 Å². The van der Waals surface area contributed by atoms with E-state index in [1.54, 1.807) is 0 Å². The molecule has 0 aliphatic rings. The van der Waals surface area contributed by atoms with Crippen LogP contribution in [0.4, 0.5) is 5.69 Å². The lowest BCUT2D eigenvalue weighted by Crippen LogP contribution is -2.07. The minimum absolute atomic E-state index is 0.0164. The Morgan fingerprint density at radius 2 is 1.78 bits per heavy atom. The third-order valence-corrected chi connectivity index (χ3v) is 3.45. The van der Waals surface area contributed by atoms with Crippen molar-refractivity contribution in [3.8, 4) is 11.5 Å². The summed E-state index contributed by atoms with van der Waals surface area (Å²) >= 11 is 0. The third kappa shape index (κ3) is 4.06. The highest BCUT2D eigenvalue weighted by molar-refractivity contribution is 5.83. The number of aromatic hydroxyl groups is 1. The van der Waals surface area contributed by atoms with E-state index in [0.29, 0.717) is 5.56 Å². The van der Waals surface area contributed by atoms with Crippen molar-refractivity contribution in [2.24, 2.45) is 0 Å². The van der Waals surface area contributed by atoms with Gasteiger partial charge in [0.05, 0.1) is 12.0 Å². The van der Waals surface area contributed by atoms with Crippen molar-refractivity contribution in [3.05, 3.63) is 63.2 Å². The summed E-state index contributed by atoms with van der Waals surface area (Å²) in [6.45, 7) is 1.97. The topological polar surface area (TPSA) is 89.7 Å². The fraction of sp³-hybridized carbons (Fsp3) is 0.235. The molecular formula is C17H17NO5. The molecule has 2 aromatic carbocycles. The number of hydrogen-bond acceptors (Lipinski definition) is 5. The number of nitro groups is 1. The van der Waals surface area contributed by atoms with Gasteiger partial charge >= 0.3 is 5.69 Å². The van der Waals surface area contributed by atoms with Gasteiger partial charge in [0.2, 0.25) is 5.75 Å². The van der Waals surface area contributed by atoms with E-state index in [1.165, 1.54) is 19.2 Å². The Balaban J connectivity index is 2.18. The second-order valence-electron chi connectivity index (χ2n) is 5.30. The first-order valence-electron chi connectivity index (χ1n) is 7.02. The molecular weight excluding hydrogens is 298 g/mol. The number of methoxy groups -OCH3 is 1. The van der Waals surface area contributed by atoms with Crippen LogP contribution in [-0.4, -0.2) is 22.9 Å². The summed E-state index contributed by atoms with van der Waals surface area (Å²) in [5.74, 6) is -0.625. The predicted molar refractivity (Wildman–Crippen MR) is 84.9 cm³/mol. The zero-order valence-electron chi connectivity index (χ0n) is 12.9. The van der Waals surface area contributed by atoms with Crippen LogP contribution in [-0.2, 0) is 17.6 Å². The maximum Gasteiger partial charge on any atom is 0.314 e. The molecule has 0 unspecified atom stereocenters. The molecule has 0 radical (unpaired) electrons. The lowest BCUT2D eigenvalue weighted by molar-refractivity contribution is -0.386. The highest BCUT2D eigenvalue weighted by Crippen LogP contribution is 2.37. The van der Waals surface area contributed by atoms with Crippen molar-refractivity contribution in [2.45, 2.75) is 19.8 Å². The summed E-state index contributed by atoms with van der Waals surface area (Å²) in [6, 6.07) is 10.3. The van der Waals surface area contributed by atoms with Crippen molar-refractivity contribution in [2.75, 3.05) is 7.11 Å². The Morgan fingerprint density at radius 3 is 2.35 bits per heavy atom. The normalized spacial score (nSPS) is 10.3. The van der Waals surface area contributed by atoms with Gasteiger partial charge in [0.15, 0.2) is 5.75 Å². The summed E-state index contributed by atoms with van der Waals surface area (Å²) < 4.78 is 4.92. The lowest BCUT2D eigenvalue weighted by atomic mass is 10.0. The molecule has 0 aliphatic carbocycles. The van der Waals surface area contributed by atoms with E-state index in [4.69, 9.17) is 4.74 Å². The summed E-state index contributed by atoms with van der Waals surface area (Å²) in [4.78, 5) is 22.4. The molecule has 0 saturated carbocycles. The zero-order valence-corrected chi connectivity index (χ0v) is 12.9. The number of carbonyl (C=O) groups excluding carboxylic acids is 1. The van der Waals surface area contributed by atoms with Crippen LogP contribution >= 0.6 is 0 Å². The van der Waals surface area contributed by atoms with Crippen LogP contribution in [0.5, 0.6) is 11.5 Å². The summed E-state index contributed by atoms with van der Waals surface area (Å²) in [5, 5.41) is 20.7. The van der Waals surface area contributed by atoms with E-state index in [-0.39, 0.29) is 24.4 Å². The second-order valence-corrected chi connectivity index (χ2v) is 5.30. The average Bonchev–Trinajstić information content (AvgIpc) is 2.50. The first-order valence-corrected chi connectivity index (χ1v) is 7.02. The first-order chi connectivity index (χ1) is 10.9. The fourth-order valence-corrected chi connectivity index (χ4v) is 2.27. The molecule has 0 amide bonds. The quantitative estimate of drug-likeness (QED) is 0.654. The lowest BCUT2D eigenvalue weighted by Gasteiger charge is -2.07. The van der Waals surface area contributed by atoms with Crippen LogP contribution in [0.15, 0.2) is 36.4 Å². The summed E-state index contributed by atoms with van der Waals surface area (Å²) in [6.07, 6.45) is 0.280. The number of ketones is 1. The van der Waals surface area contributed by atoms with E-state index in [9.17, 15) is 20.0 Å². The number of Topliss-reactive ketones (excluding diaryl/α,β-unsaturated/α-hetero) is 1. The monoisotopic (exact) mass is 315 g/mol. The molecule has 120 valence electrons. The van der Waals surface area contributed by atoms with Gasteiger partial charge in [-0.05, 0) is 24.1 Å². The van der Waals surface area contributed by atoms with E-state index in [1.807, 2.05) is 31.2 Å². The van der Waals surface area contributed by atoms with Crippen molar-refractivity contribution < 1.29 is 19.6 Å². The van der Waals surface area contributed by atoms with E-state index in [2.05, 4.69) is 0 Å². The van der Waals surface area contributed by atoms with Gasteiger partial charge in [-0.15, -0.1) is 0 Å². The van der Waals surface area contributed by atoms with E-state index < -0.39 is 16.4 Å². The Morgan fingerprint density at radius 1 is 1.17 bits per heavy atom. The van der Waals surface area contributed by atoms with Gasteiger partial charge in [-0.3, -0.25) is 14.9 Å². The van der Waals surface area contributed by atoms with Gasteiger partial charge in [-0.2, -0.15) is 0 Å². The first kappa shape index (κ1) is 16.5. The number of carbonyl (C=O) groups is 1. The molecule has 0 saturated heterocycles. The Hall–Kier alpha value is -2.89. The highest BCUT2D eigenvalue weighted by Gasteiger charge is 2.20. The number of ether oxygens (including phenoxy) is 1. The van der Waals surface area contributed by atoms with Gasteiger partial charge in [0, 0.05) is 18.9 Å². The van der Waals surface area contributed by atoms with Gasteiger partial charge in [-0.1, -0.05) is 29.8 Å². The number of phenolic OH excluding ortho intramolecular Hbond substituents is 1. The van der Waals surface area contributed by atoms with E-state index in [0.717, 1.165) is 11.1 Å². The second kappa shape index (κ2) is 6.91. The number of nitrogens with zero attached hydrogens (tertiary/aromatic N) is 1. The van der Waals surface area contributed by atoms with Gasteiger partial charge in [-0.25, -0.2) is 0 Å². The maximum atomic E-state index is 12.2. The molecule has 6 heteroatoms. The third-order valence-electron chi connectivity index (χ3n) is 3.45. The smallest absolute Gasteiger partial charge is 0.314 e. The van der Waals surface area contributed by atoms with Crippen LogP contribution in [0.2, 0.25) is 0 Å². The Kier molecular flexibility index (Phi) is 4.95. The molecule has 0 spiro atoms.